The van der Waals surface area contributed by atoms with Crippen LogP contribution < -0.4 is 9.64 Å². The molecule has 9 nitrogen and oxygen atoms in total. The van der Waals surface area contributed by atoms with Crippen LogP contribution in [0.4, 0.5) is 30.2 Å². The summed E-state index contributed by atoms with van der Waals surface area (Å²) in [6.07, 6.45) is -3.92. The molecule has 0 N–H and O–H groups in total. The highest BCUT2D eigenvalue weighted by Crippen LogP contribution is 2.38. The molecule has 4 rings (SSSR count). The Kier molecular flexibility index (Phi) is 8.36. The Hall–Kier alpha value is -3.85. The van der Waals surface area contributed by atoms with E-state index >= 15 is 0 Å². The van der Waals surface area contributed by atoms with Crippen LogP contribution in [0.2, 0.25) is 0 Å². The Labute approximate surface area is 218 Å². The lowest BCUT2D eigenvalue weighted by molar-refractivity contribution is -0.388. The van der Waals surface area contributed by atoms with E-state index in [1.54, 1.807) is 4.90 Å². The predicted octanol–water partition coefficient (Wildman–Crippen LogP) is 4.75. The molecule has 0 atom stereocenters. The number of nitro groups is 1. The molecule has 2 fully saturated rings. The van der Waals surface area contributed by atoms with Gasteiger partial charge in [0, 0.05) is 76.8 Å². The third-order valence-electron chi connectivity index (χ3n) is 6.93. The lowest BCUT2D eigenvalue weighted by atomic mass is 10.1. The average molecular weight is 532 g/mol. The molecule has 2 saturated heterocycles. The molecule has 0 bridgehead atoms. The normalized spacial score (nSPS) is 17.2. The van der Waals surface area contributed by atoms with Crippen LogP contribution >= 0.6 is 0 Å². The number of anilines is 1. The number of nitro benzene ring substituents is 1. The molecule has 2 aromatic rings. The third-order valence-corrected chi connectivity index (χ3v) is 6.93. The fraction of sp³-hybridized carbons (Fsp3) is 0.462. The summed E-state index contributed by atoms with van der Waals surface area (Å²) in [5.74, 6) is -0.0375. The summed E-state index contributed by atoms with van der Waals surface area (Å²) >= 11 is 0. The smallest absolute Gasteiger partial charge is 0.423 e. The molecule has 0 aromatic heterocycles. The van der Waals surface area contributed by atoms with Crippen molar-refractivity contribution in [2.45, 2.75) is 31.5 Å². The van der Waals surface area contributed by atoms with Gasteiger partial charge in [-0.25, -0.2) is 4.85 Å². The van der Waals surface area contributed by atoms with E-state index in [2.05, 4.69) is 14.6 Å². The number of hydrogen-bond acceptors (Lipinski definition) is 6. The first kappa shape index (κ1) is 27.2. The zero-order valence-corrected chi connectivity index (χ0v) is 20.7. The first-order chi connectivity index (χ1) is 18.1. The van der Waals surface area contributed by atoms with Crippen molar-refractivity contribution in [2.24, 2.45) is 0 Å². The van der Waals surface area contributed by atoms with Gasteiger partial charge in [-0.05, 0) is 24.3 Å². The van der Waals surface area contributed by atoms with Crippen molar-refractivity contribution in [1.29, 1.82) is 0 Å². The van der Waals surface area contributed by atoms with Gasteiger partial charge in [0.25, 0.3) is 5.69 Å². The molecule has 12 heteroatoms. The number of carbonyl (C=O) groups excluding carboxylic acids is 1. The third kappa shape index (κ3) is 6.72. The first-order valence-corrected chi connectivity index (χ1v) is 12.4. The monoisotopic (exact) mass is 531 g/mol. The lowest BCUT2D eigenvalue weighted by Gasteiger charge is -2.37. The van der Waals surface area contributed by atoms with Crippen LogP contribution in [0.3, 0.4) is 0 Å². The van der Waals surface area contributed by atoms with Crippen LogP contribution in [0.1, 0.15) is 24.8 Å². The number of likely N-dealkylation sites (tertiary alicyclic amines) is 1. The number of rotatable bonds is 7. The number of piperidine rings is 1. The van der Waals surface area contributed by atoms with Gasteiger partial charge in [-0.2, -0.15) is 13.2 Å². The maximum absolute atomic E-state index is 13.2. The zero-order chi connectivity index (χ0) is 27.3. The number of nitrogens with zero attached hydrogens (tertiary/aromatic N) is 5. The molecular weight excluding hydrogens is 503 g/mol. The standard InChI is InChI=1S/C26H28F3N5O4/c1-30-19-2-4-20(5-3-19)32-16-14-31(15-17-32)11-10-25(35)33-12-8-21(9-13-33)38-22-6-7-24(34(36)37)23(18-22)26(27,28)29/h2-7,18,21H,8-17H2. The first-order valence-electron chi connectivity index (χ1n) is 12.4. The quantitative estimate of drug-likeness (QED) is 0.292. The molecule has 0 saturated carbocycles. The molecule has 1 amide bonds. The second-order valence-corrected chi connectivity index (χ2v) is 9.34. The average Bonchev–Trinajstić information content (AvgIpc) is 2.92. The van der Waals surface area contributed by atoms with Crippen LogP contribution in [0.5, 0.6) is 5.75 Å². The van der Waals surface area contributed by atoms with E-state index in [-0.39, 0.29) is 17.8 Å². The number of alkyl halides is 3. The maximum Gasteiger partial charge on any atom is 0.423 e. The van der Waals surface area contributed by atoms with Crippen LogP contribution in [0.25, 0.3) is 4.85 Å². The highest BCUT2D eigenvalue weighted by Gasteiger charge is 2.39. The molecule has 2 aromatic carbocycles. The number of piperazine rings is 1. The Morgan fingerprint density at radius 1 is 1.05 bits per heavy atom. The second-order valence-electron chi connectivity index (χ2n) is 9.34. The number of hydrogen-bond donors (Lipinski definition) is 0. The van der Waals surface area contributed by atoms with Crippen molar-refractivity contribution >= 4 is 23.0 Å². The van der Waals surface area contributed by atoms with E-state index in [1.807, 2.05) is 24.3 Å². The summed E-state index contributed by atoms with van der Waals surface area (Å²) in [5.41, 5.74) is -0.654. The van der Waals surface area contributed by atoms with Gasteiger partial charge in [0.1, 0.15) is 17.4 Å². The Bertz CT molecular complexity index is 1180. The summed E-state index contributed by atoms with van der Waals surface area (Å²) in [7, 11) is 0. The van der Waals surface area contributed by atoms with Gasteiger partial charge in [0.05, 0.1) is 11.5 Å². The summed E-state index contributed by atoms with van der Waals surface area (Å²) < 4.78 is 45.3. The SMILES string of the molecule is [C-]#[N+]c1ccc(N2CCN(CCC(=O)N3CCC(Oc4ccc([N+](=O)[O-])c(C(F)(F)F)c4)CC3)CC2)cc1. The number of ether oxygens (including phenoxy) is 1. The number of benzene rings is 2. The van der Waals surface area contributed by atoms with Crippen molar-refractivity contribution in [3.63, 3.8) is 0 Å². The van der Waals surface area contributed by atoms with Gasteiger partial charge in [0.15, 0.2) is 5.69 Å². The molecule has 0 aliphatic carbocycles. The molecule has 0 radical (unpaired) electrons. The molecular formula is C26H28F3N5O4. The van der Waals surface area contributed by atoms with Crippen molar-refractivity contribution in [1.82, 2.24) is 9.80 Å². The van der Waals surface area contributed by atoms with Gasteiger partial charge in [0.2, 0.25) is 5.91 Å². The maximum atomic E-state index is 13.2. The summed E-state index contributed by atoms with van der Waals surface area (Å²) in [6, 6.07) is 10.2. The van der Waals surface area contributed by atoms with E-state index in [0.29, 0.717) is 50.7 Å². The van der Waals surface area contributed by atoms with Gasteiger partial charge < -0.3 is 14.5 Å². The Morgan fingerprint density at radius 3 is 2.29 bits per heavy atom. The minimum absolute atomic E-state index is 0.0373. The van der Waals surface area contributed by atoms with Gasteiger partial charge >= 0.3 is 6.18 Å². The molecule has 38 heavy (non-hydrogen) atoms. The number of carbonyl (C=O) groups is 1. The van der Waals surface area contributed by atoms with Crippen LogP contribution in [-0.2, 0) is 11.0 Å². The molecule has 0 spiro atoms. The van der Waals surface area contributed by atoms with Crippen molar-refractivity contribution in [3.8, 4) is 5.75 Å². The van der Waals surface area contributed by atoms with E-state index in [4.69, 9.17) is 11.3 Å². The van der Waals surface area contributed by atoms with Crippen molar-refractivity contribution in [3.05, 3.63) is 69.6 Å². The van der Waals surface area contributed by atoms with Crippen LogP contribution in [-0.4, -0.2) is 72.5 Å². The second kappa shape index (κ2) is 11.7. The van der Waals surface area contributed by atoms with E-state index in [1.165, 1.54) is 6.07 Å². The summed E-state index contributed by atoms with van der Waals surface area (Å²) in [6.45, 7) is 11.9. The molecule has 2 aliphatic heterocycles. The highest BCUT2D eigenvalue weighted by molar-refractivity contribution is 5.76. The Morgan fingerprint density at radius 2 is 1.71 bits per heavy atom. The topological polar surface area (TPSA) is 83.5 Å². The van der Waals surface area contributed by atoms with Crippen LogP contribution in [0.15, 0.2) is 42.5 Å². The van der Waals surface area contributed by atoms with Crippen molar-refractivity contribution < 1.29 is 27.6 Å². The van der Waals surface area contributed by atoms with Gasteiger partial charge in [-0.15, -0.1) is 0 Å². The zero-order valence-electron chi connectivity index (χ0n) is 20.7. The van der Waals surface area contributed by atoms with E-state index in [0.717, 1.165) is 37.9 Å². The van der Waals surface area contributed by atoms with Gasteiger partial charge in [-0.1, -0.05) is 12.1 Å². The van der Waals surface area contributed by atoms with E-state index in [9.17, 15) is 28.1 Å². The van der Waals surface area contributed by atoms with Crippen LogP contribution in [0, 0.1) is 16.7 Å². The summed E-state index contributed by atoms with van der Waals surface area (Å²) in [4.78, 5) is 32.3. The predicted molar refractivity (Wildman–Crippen MR) is 134 cm³/mol. The summed E-state index contributed by atoms with van der Waals surface area (Å²) in [5, 5.41) is 10.9. The lowest BCUT2D eigenvalue weighted by Crippen LogP contribution is -2.48. The molecule has 0 unspecified atom stereocenters. The minimum atomic E-state index is -4.87. The number of halogens is 3. The fourth-order valence-electron chi connectivity index (χ4n) is 4.77. The highest BCUT2D eigenvalue weighted by atomic mass is 19.4. The minimum Gasteiger partial charge on any atom is -0.490 e. The Balaban J connectivity index is 1.20. The largest absolute Gasteiger partial charge is 0.490 e. The number of amides is 1. The van der Waals surface area contributed by atoms with Crippen molar-refractivity contribution in [2.75, 3.05) is 50.7 Å². The molecule has 2 heterocycles. The van der Waals surface area contributed by atoms with E-state index < -0.39 is 22.4 Å². The fourth-order valence-corrected chi connectivity index (χ4v) is 4.77. The van der Waals surface area contributed by atoms with Gasteiger partial charge in [-0.3, -0.25) is 19.8 Å². The molecule has 202 valence electrons. The molecule has 2 aliphatic rings.